The number of carbonyl (C=O) groups is 1. The molecule has 8 atom stereocenters. The molecule has 316 valence electrons. The Balaban J connectivity index is 2.39. The lowest BCUT2D eigenvalue weighted by Gasteiger charge is -2.40. The first-order chi connectivity index (χ1) is 25.8. The van der Waals surface area contributed by atoms with E-state index in [0.29, 0.717) is 12.8 Å². The average Bonchev–Trinajstić information content (AvgIpc) is 3.16. The molecule has 0 spiro atoms. The number of ether oxygens (including phenoxy) is 2. The third-order valence-corrected chi connectivity index (χ3v) is 11.1. The van der Waals surface area contributed by atoms with Crippen LogP contribution in [0.1, 0.15) is 206 Å². The highest BCUT2D eigenvalue weighted by molar-refractivity contribution is 5.80. The topological polar surface area (TPSA) is 169 Å². The molecule has 0 bridgehead atoms. The van der Waals surface area contributed by atoms with Gasteiger partial charge in [-0.2, -0.15) is 0 Å². The first-order valence-electron chi connectivity index (χ1n) is 22.3. The number of aliphatic hydroxyl groups is 6. The lowest BCUT2D eigenvalue weighted by atomic mass is 9.99. The normalized spacial score (nSPS) is 22.2. The van der Waals surface area contributed by atoms with E-state index in [1.165, 1.54) is 141 Å². The van der Waals surface area contributed by atoms with E-state index in [1.54, 1.807) is 0 Å². The fraction of sp³-hybridized carbons (Fsp3) is 0.977. The van der Waals surface area contributed by atoms with E-state index in [0.717, 1.165) is 38.5 Å². The highest BCUT2D eigenvalue weighted by Crippen LogP contribution is 2.23. The van der Waals surface area contributed by atoms with E-state index < -0.39 is 61.5 Å². The van der Waals surface area contributed by atoms with Crippen molar-refractivity contribution in [2.75, 3.05) is 13.2 Å². The Morgan fingerprint density at radius 1 is 0.566 bits per heavy atom. The van der Waals surface area contributed by atoms with Crippen LogP contribution in [-0.4, -0.2) is 98.7 Å². The van der Waals surface area contributed by atoms with Gasteiger partial charge in [-0.3, -0.25) is 4.79 Å². The summed E-state index contributed by atoms with van der Waals surface area (Å²) in [7, 11) is 0. The summed E-state index contributed by atoms with van der Waals surface area (Å²) in [4.78, 5) is 13.0. The Morgan fingerprint density at radius 3 is 1.34 bits per heavy atom. The highest BCUT2D eigenvalue weighted by atomic mass is 16.7. The smallest absolute Gasteiger partial charge is 0.249 e. The second kappa shape index (κ2) is 34.4. The van der Waals surface area contributed by atoms with Gasteiger partial charge in [0, 0.05) is 0 Å². The van der Waals surface area contributed by atoms with Crippen LogP contribution < -0.4 is 5.32 Å². The molecule has 7 N–H and O–H groups in total. The first kappa shape index (κ1) is 50.2. The molecular formula is C43H85NO9. The minimum atomic E-state index is -1.59. The Bertz CT molecular complexity index is 819. The van der Waals surface area contributed by atoms with E-state index in [-0.39, 0.29) is 6.61 Å². The number of aliphatic hydroxyl groups excluding tert-OH is 6. The molecule has 10 nitrogen and oxygen atoms in total. The fourth-order valence-corrected chi connectivity index (χ4v) is 7.34. The van der Waals surface area contributed by atoms with Crippen molar-refractivity contribution in [2.45, 2.75) is 255 Å². The maximum Gasteiger partial charge on any atom is 0.249 e. The zero-order valence-corrected chi connectivity index (χ0v) is 34.2. The van der Waals surface area contributed by atoms with E-state index >= 15 is 0 Å². The molecule has 8 unspecified atom stereocenters. The lowest BCUT2D eigenvalue weighted by Crippen LogP contribution is -2.60. The quantitative estimate of drug-likeness (QED) is 0.0313. The van der Waals surface area contributed by atoms with Crippen molar-refractivity contribution in [3.8, 4) is 0 Å². The average molecular weight is 760 g/mol. The number of unbranched alkanes of at least 4 members (excludes halogenated alkanes) is 26. The molecule has 10 heteroatoms. The molecule has 1 aliphatic rings. The van der Waals surface area contributed by atoms with Gasteiger partial charge in [0.2, 0.25) is 5.91 Å². The summed E-state index contributed by atoms with van der Waals surface area (Å²) < 4.78 is 11.2. The summed E-state index contributed by atoms with van der Waals surface area (Å²) in [6.07, 6.45) is 25.8. The summed E-state index contributed by atoms with van der Waals surface area (Å²) in [6.45, 7) is 3.66. The van der Waals surface area contributed by atoms with Gasteiger partial charge >= 0.3 is 0 Å². The SMILES string of the molecule is CCCCCCCCCCCCCCCCCCCC(O)C(COC1OC(CO)C(O)C(O)C1O)NC(=O)C(O)CCCCCCCCCCCCC. The second-order valence-corrected chi connectivity index (χ2v) is 16.0. The Kier molecular flexibility index (Phi) is 32.6. The predicted molar refractivity (Wildman–Crippen MR) is 214 cm³/mol. The maximum absolute atomic E-state index is 13.0. The first-order valence-corrected chi connectivity index (χ1v) is 22.3. The van der Waals surface area contributed by atoms with Gasteiger partial charge in [0.25, 0.3) is 0 Å². The fourth-order valence-electron chi connectivity index (χ4n) is 7.34. The van der Waals surface area contributed by atoms with Crippen molar-refractivity contribution in [3.05, 3.63) is 0 Å². The molecule has 0 aliphatic carbocycles. The van der Waals surface area contributed by atoms with Crippen LogP contribution in [0.5, 0.6) is 0 Å². The molecule has 1 amide bonds. The van der Waals surface area contributed by atoms with Crippen molar-refractivity contribution < 1.29 is 44.9 Å². The zero-order valence-electron chi connectivity index (χ0n) is 34.2. The standard InChI is InChI=1S/C43H85NO9/c1-3-5-7-9-11-13-15-16-17-18-19-20-22-23-25-27-29-31-36(46)35(34-52-43-41(50)40(49)39(48)38(33-45)53-43)44-42(51)37(47)32-30-28-26-24-21-14-12-10-8-6-4-2/h35-41,43,45-50H,3-34H2,1-2H3,(H,44,51). The number of hydrogen-bond acceptors (Lipinski definition) is 9. The van der Waals surface area contributed by atoms with Crippen LogP contribution >= 0.6 is 0 Å². The van der Waals surface area contributed by atoms with Gasteiger partial charge in [0.1, 0.15) is 30.5 Å². The van der Waals surface area contributed by atoms with Gasteiger partial charge in [0.05, 0.1) is 25.4 Å². The highest BCUT2D eigenvalue weighted by Gasteiger charge is 2.44. The molecule has 1 heterocycles. The molecule has 0 aromatic carbocycles. The van der Waals surface area contributed by atoms with Crippen LogP contribution in [0.2, 0.25) is 0 Å². The van der Waals surface area contributed by atoms with Crippen molar-refractivity contribution in [1.29, 1.82) is 0 Å². The molecule has 1 aliphatic heterocycles. The van der Waals surface area contributed by atoms with Gasteiger partial charge in [-0.15, -0.1) is 0 Å². The van der Waals surface area contributed by atoms with Crippen LogP contribution in [0, 0.1) is 0 Å². The maximum atomic E-state index is 13.0. The van der Waals surface area contributed by atoms with E-state index in [4.69, 9.17) is 9.47 Å². The summed E-state index contributed by atoms with van der Waals surface area (Å²) in [5, 5.41) is 64.7. The van der Waals surface area contributed by atoms with E-state index in [9.17, 15) is 35.4 Å². The minimum Gasteiger partial charge on any atom is -0.394 e. The molecule has 53 heavy (non-hydrogen) atoms. The summed E-state index contributed by atoms with van der Waals surface area (Å²) in [6, 6.07) is -0.886. The summed E-state index contributed by atoms with van der Waals surface area (Å²) in [5.41, 5.74) is 0. The number of amides is 1. The molecule has 1 fully saturated rings. The van der Waals surface area contributed by atoms with E-state index in [2.05, 4.69) is 19.2 Å². The zero-order chi connectivity index (χ0) is 38.9. The molecule has 0 saturated carbocycles. The number of carbonyl (C=O) groups excluding carboxylic acids is 1. The van der Waals surface area contributed by atoms with Gasteiger partial charge in [-0.25, -0.2) is 0 Å². The second-order valence-electron chi connectivity index (χ2n) is 16.0. The number of nitrogens with one attached hydrogen (secondary N) is 1. The largest absolute Gasteiger partial charge is 0.394 e. The monoisotopic (exact) mass is 760 g/mol. The Labute approximate surface area is 324 Å². The Hall–Kier alpha value is -0.850. The molecule has 0 radical (unpaired) electrons. The molecule has 0 aromatic heterocycles. The van der Waals surface area contributed by atoms with Gasteiger partial charge in [-0.05, 0) is 12.8 Å². The van der Waals surface area contributed by atoms with Crippen LogP contribution in [-0.2, 0) is 14.3 Å². The van der Waals surface area contributed by atoms with Gasteiger partial charge in [0.15, 0.2) is 6.29 Å². The van der Waals surface area contributed by atoms with E-state index in [1.807, 2.05) is 0 Å². The van der Waals surface area contributed by atoms with Crippen molar-refractivity contribution in [1.82, 2.24) is 5.32 Å². The molecule has 1 saturated heterocycles. The summed E-state index contributed by atoms with van der Waals surface area (Å²) in [5.74, 6) is -0.582. The van der Waals surface area contributed by atoms with Crippen LogP contribution in [0.25, 0.3) is 0 Å². The van der Waals surface area contributed by atoms with Crippen LogP contribution in [0.4, 0.5) is 0 Å². The summed E-state index contributed by atoms with van der Waals surface area (Å²) >= 11 is 0. The van der Waals surface area contributed by atoms with Crippen LogP contribution in [0.3, 0.4) is 0 Å². The molecule has 0 aromatic rings. The van der Waals surface area contributed by atoms with Gasteiger partial charge < -0.3 is 45.4 Å². The predicted octanol–water partition coefficient (Wildman–Crippen LogP) is 7.75. The molecule has 1 rings (SSSR count). The lowest BCUT2D eigenvalue weighted by molar-refractivity contribution is -0.302. The number of hydrogen-bond donors (Lipinski definition) is 7. The Morgan fingerprint density at radius 2 is 0.943 bits per heavy atom. The van der Waals surface area contributed by atoms with Crippen molar-refractivity contribution >= 4 is 5.91 Å². The van der Waals surface area contributed by atoms with Crippen molar-refractivity contribution in [2.24, 2.45) is 0 Å². The van der Waals surface area contributed by atoms with Crippen LogP contribution in [0.15, 0.2) is 0 Å². The van der Waals surface area contributed by atoms with Crippen molar-refractivity contribution in [3.63, 3.8) is 0 Å². The minimum absolute atomic E-state index is 0.250. The molecular weight excluding hydrogens is 674 g/mol. The third-order valence-electron chi connectivity index (χ3n) is 11.1. The number of rotatable bonds is 37. The third kappa shape index (κ3) is 25.1. The van der Waals surface area contributed by atoms with Gasteiger partial charge in [-0.1, -0.05) is 194 Å².